The van der Waals surface area contributed by atoms with Crippen molar-refractivity contribution in [1.29, 1.82) is 0 Å². The standard InChI is InChI=1S/C17H15ClN2O/c1-20-9-8-12-6-7-13(10-16(12)20)17(21)19-11-14-4-2-3-5-15(14)18/h2-10H,11H2,1H3,(H,19,21). The molecule has 1 heterocycles. The summed E-state index contributed by atoms with van der Waals surface area (Å²) in [5.74, 6) is -0.0991. The van der Waals surface area contributed by atoms with E-state index in [9.17, 15) is 4.79 Å². The van der Waals surface area contributed by atoms with Crippen LogP contribution >= 0.6 is 11.6 Å². The van der Waals surface area contributed by atoms with Crippen molar-refractivity contribution in [3.63, 3.8) is 0 Å². The summed E-state index contributed by atoms with van der Waals surface area (Å²) in [6.07, 6.45) is 1.98. The number of aromatic nitrogens is 1. The number of nitrogens with one attached hydrogen (secondary N) is 1. The molecule has 3 nitrogen and oxygen atoms in total. The fraction of sp³-hybridized carbons (Fsp3) is 0.118. The zero-order valence-corrected chi connectivity index (χ0v) is 12.4. The van der Waals surface area contributed by atoms with Gasteiger partial charge in [0.15, 0.2) is 0 Å². The monoisotopic (exact) mass is 298 g/mol. The first kappa shape index (κ1) is 13.7. The first-order valence-corrected chi connectivity index (χ1v) is 7.09. The molecule has 0 saturated heterocycles. The van der Waals surface area contributed by atoms with E-state index in [1.807, 2.05) is 66.3 Å². The van der Waals surface area contributed by atoms with Gasteiger partial charge in [0.2, 0.25) is 0 Å². The lowest BCUT2D eigenvalue weighted by molar-refractivity contribution is 0.0951. The van der Waals surface area contributed by atoms with Crippen LogP contribution in [0.2, 0.25) is 5.02 Å². The quantitative estimate of drug-likeness (QED) is 0.785. The molecule has 0 atom stereocenters. The molecule has 0 radical (unpaired) electrons. The zero-order valence-electron chi connectivity index (χ0n) is 11.6. The minimum atomic E-state index is -0.0991. The summed E-state index contributed by atoms with van der Waals surface area (Å²) in [5.41, 5.74) is 2.60. The predicted octanol–water partition coefficient (Wildman–Crippen LogP) is 3.76. The Morgan fingerprint density at radius 3 is 2.81 bits per heavy atom. The highest BCUT2D eigenvalue weighted by atomic mass is 35.5. The lowest BCUT2D eigenvalue weighted by Gasteiger charge is -2.07. The maximum absolute atomic E-state index is 12.2. The number of nitrogens with zero attached hydrogens (tertiary/aromatic N) is 1. The molecule has 0 fully saturated rings. The average molecular weight is 299 g/mol. The van der Waals surface area contributed by atoms with E-state index in [-0.39, 0.29) is 5.91 Å². The number of benzene rings is 2. The van der Waals surface area contributed by atoms with E-state index in [0.29, 0.717) is 17.1 Å². The summed E-state index contributed by atoms with van der Waals surface area (Å²) < 4.78 is 2.00. The van der Waals surface area contributed by atoms with E-state index in [4.69, 9.17) is 11.6 Å². The second-order valence-corrected chi connectivity index (χ2v) is 5.38. The molecule has 21 heavy (non-hydrogen) atoms. The molecule has 3 rings (SSSR count). The van der Waals surface area contributed by atoms with Gasteiger partial charge in [-0.2, -0.15) is 0 Å². The Kier molecular flexibility index (Phi) is 3.67. The van der Waals surface area contributed by atoms with Gasteiger partial charge >= 0.3 is 0 Å². The highest BCUT2D eigenvalue weighted by molar-refractivity contribution is 6.31. The summed E-state index contributed by atoms with van der Waals surface area (Å²) in [4.78, 5) is 12.2. The number of aryl methyl sites for hydroxylation is 1. The number of carbonyl (C=O) groups excluding carboxylic acids is 1. The number of fused-ring (bicyclic) bond motifs is 1. The molecule has 0 aliphatic carbocycles. The number of carbonyl (C=O) groups is 1. The highest BCUT2D eigenvalue weighted by Crippen LogP contribution is 2.17. The van der Waals surface area contributed by atoms with Gasteiger partial charge in [0.05, 0.1) is 0 Å². The molecule has 0 unspecified atom stereocenters. The van der Waals surface area contributed by atoms with Gasteiger partial charge in [-0.1, -0.05) is 35.9 Å². The zero-order chi connectivity index (χ0) is 14.8. The number of hydrogen-bond donors (Lipinski definition) is 1. The fourth-order valence-corrected chi connectivity index (χ4v) is 2.53. The van der Waals surface area contributed by atoms with Crippen molar-refractivity contribution in [3.8, 4) is 0 Å². The molecule has 3 aromatic rings. The van der Waals surface area contributed by atoms with Crippen LogP contribution in [-0.4, -0.2) is 10.5 Å². The smallest absolute Gasteiger partial charge is 0.251 e. The summed E-state index contributed by atoms with van der Waals surface area (Å²) in [7, 11) is 1.97. The average Bonchev–Trinajstić information content (AvgIpc) is 2.87. The molecule has 1 N–H and O–H groups in total. The Labute approximate surface area is 128 Å². The van der Waals surface area contributed by atoms with Crippen molar-refractivity contribution in [1.82, 2.24) is 9.88 Å². The molecule has 0 aliphatic rings. The molecule has 106 valence electrons. The van der Waals surface area contributed by atoms with Crippen molar-refractivity contribution >= 4 is 28.4 Å². The normalized spacial score (nSPS) is 10.8. The van der Waals surface area contributed by atoms with Crippen LogP contribution in [0.15, 0.2) is 54.7 Å². The van der Waals surface area contributed by atoms with E-state index in [0.717, 1.165) is 16.5 Å². The lowest BCUT2D eigenvalue weighted by Crippen LogP contribution is -2.22. The second-order valence-electron chi connectivity index (χ2n) is 4.97. The van der Waals surface area contributed by atoms with Gasteiger partial charge in [-0.05, 0) is 35.2 Å². The van der Waals surface area contributed by atoms with Crippen molar-refractivity contribution in [2.24, 2.45) is 7.05 Å². The first-order chi connectivity index (χ1) is 10.1. The molecular formula is C17H15ClN2O. The van der Waals surface area contributed by atoms with Crippen molar-refractivity contribution < 1.29 is 4.79 Å². The van der Waals surface area contributed by atoms with Gasteiger partial charge in [-0.3, -0.25) is 4.79 Å². The van der Waals surface area contributed by atoms with Crippen LogP contribution in [0.1, 0.15) is 15.9 Å². The SMILES string of the molecule is Cn1ccc2ccc(C(=O)NCc3ccccc3Cl)cc21. The minimum Gasteiger partial charge on any atom is -0.351 e. The van der Waals surface area contributed by atoms with E-state index in [1.165, 1.54) is 0 Å². The van der Waals surface area contributed by atoms with Gasteiger partial charge < -0.3 is 9.88 Å². The maximum Gasteiger partial charge on any atom is 0.251 e. The number of hydrogen-bond acceptors (Lipinski definition) is 1. The van der Waals surface area contributed by atoms with Crippen LogP contribution in [-0.2, 0) is 13.6 Å². The molecule has 0 bridgehead atoms. The van der Waals surface area contributed by atoms with E-state index < -0.39 is 0 Å². The Morgan fingerprint density at radius 1 is 1.19 bits per heavy atom. The topological polar surface area (TPSA) is 34.0 Å². The molecule has 0 spiro atoms. The van der Waals surface area contributed by atoms with Gasteiger partial charge in [-0.15, -0.1) is 0 Å². The van der Waals surface area contributed by atoms with Gasteiger partial charge in [0.1, 0.15) is 0 Å². The summed E-state index contributed by atoms with van der Waals surface area (Å²) >= 11 is 6.08. The third-order valence-electron chi connectivity index (χ3n) is 3.55. The van der Waals surface area contributed by atoms with E-state index in [1.54, 1.807) is 0 Å². The summed E-state index contributed by atoms with van der Waals surface area (Å²) in [5, 5.41) is 4.69. The van der Waals surface area contributed by atoms with Gasteiger partial charge in [0.25, 0.3) is 5.91 Å². The lowest BCUT2D eigenvalue weighted by atomic mass is 10.1. The third-order valence-corrected chi connectivity index (χ3v) is 3.92. The van der Waals surface area contributed by atoms with Crippen LogP contribution in [0.3, 0.4) is 0 Å². The van der Waals surface area contributed by atoms with Crippen LogP contribution < -0.4 is 5.32 Å². The fourth-order valence-electron chi connectivity index (χ4n) is 2.32. The van der Waals surface area contributed by atoms with Gasteiger partial charge in [0, 0.05) is 35.9 Å². The Balaban J connectivity index is 1.78. The number of amides is 1. The third kappa shape index (κ3) is 2.78. The molecule has 0 saturated carbocycles. The van der Waals surface area contributed by atoms with Crippen molar-refractivity contribution in [2.45, 2.75) is 6.54 Å². The summed E-state index contributed by atoms with van der Waals surface area (Å²) in [6.45, 7) is 0.420. The highest BCUT2D eigenvalue weighted by Gasteiger charge is 2.08. The largest absolute Gasteiger partial charge is 0.351 e. The summed E-state index contributed by atoms with van der Waals surface area (Å²) in [6, 6.07) is 15.2. The number of halogens is 1. The Morgan fingerprint density at radius 2 is 2.00 bits per heavy atom. The Bertz CT molecular complexity index is 807. The predicted molar refractivity (Wildman–Crippen MR) is 85.5 cm³/mol. The van der Waals surface area contributed by atoms with E-state index in [2.05, 4.69) is 5.32 Å². The van der Waals surface area contributed by atoms with Crippen molar-refractivity contribution in [2.75, 3.05) is 0 Å². The Hall–Kier alpha value is -2.26. The van der Waals surface area contributed by atoms with Crippen molar-refractivity contribution in [3.05, 3.63) is 70.9 Å². The van der Waals surface area contributed by atoms with Crippen LogP contribution in [0.4, 0.5) is 0 Å². The maximum atomic E-state index is 12.2. The molecule has 1 aromatic heterocycles. The molecule has 2 aromatic carbocycles. The molecule has 4 heteroatoms. The van der Waals surface area contributed by atoms with Crippen LogP contribution in [0.25, 0.3) is 10.9 Å². The van der Waals surface area contributed by atoms with Crippen LogP contribution in [0.5, 0.6) is 0 Å². The molecule has 1 amide bonds. The minimum absolute atomic E-state index is 0.0991. The van der Waals surface area contributed by atoms with E-state index >= 15 is 0 Å². The van der Waals surface area contributed by atoms with Crippen LogP contribution in [0, 0.1) is 0 Å². The van der Waals surface area contributed by atoms with Gasteiger partial charge in [-0.25, -0.2) is 0 Å². The second kappa shape index (κ2) is 5.62. The first-order valence-electron chi connectivity index (χ1n) is 6.72. The number of rotatable bonds is 3. The molecular weight excluding hydrogens is 284 g/mol. The molecule has 0 aliphatic heterocycles.